The molecule has 9 nitrogen and oxygen atoms in total. The monoisotopic (exact) mass is 550 g/mol. The van der Waals surface area contributed by atoms with Gasteiger partial charge in [0.2, 0.25) is 11.9 Å². The van der Waals surface area contributed by atoms with Crippen molar-refractivity contribution in [2.24, 2.45) is 0 Å². The van der Waals surface area contributed by atoms with Crippen LogP contribution >= 0.6 is 0 Å². The summed E-state index contributed by atoms with van der Waals surface area (Å²) < 4.78 is 0. The van der Waals surface area contributed by atoms with Gasteiger partial charge in [-0.3, -0.25) is 4.79 Å². The molecule has 0 radical (unpaired) electrons. The number of hydrogen-bond acceptors (Lipinski definition) is 8. The highest BCUT2D eigenvalue weighted by Gasteiger charge is 2.34. The SMILES string of the molecule is C=CC(=O)N1CCN(c2nc(N3CC[C@H](N(C)C)C3)nc3c2CCN(c2cccc4ccccc24)C3)C[C@@H]1CC#N. The average molecular weight is 551 g/mol. The Morgan fingerprint density at radius 3 is 2.66 bits per heavy atom. The second-order valence-corrected chi connectivity index (χ2v) is 11.5. The smallest absolute Gasteiger partial charge is 0.246 e. The van der Waals surface area contributed by atoms with Gasteiger partial charge >= 0.3 is 0 Å². The zero-order valence-corrected chi connectivity index (χ0v) is 24.0. The van der Waals surface area contributed by atoms with Crippen molar-refractivity contribution < 1.29 is 4.79 Å². The van der Waals surface area contributed by atoms with Crippen LogP contribution in [0.3, 0.4) is 0 Å². The predicted molar refractivity (Wildman–Crippen MR) is 163 cm³/mol. The summed E-state index contributed by atoms with van der Waals surface area (Å²) in [6.45, 7) is 8.86. The molecule has 212 valence electrons. The minimum Gasteiger partial charge on any atom is -0.365 e. The number of anilines is 3. The first-order valence-electron chi connectivity index (χ1n) is 14.6. The summed E-state index contributed by atoms with van der Waals surface area (Å²) in [4.78, 5) is 34.1. The fourth-order valence-corrected chi connectivity index (χ4v) is 6.57. The van der Waals surface area contributed by atoms with E-state index in [1.807, 2.05) is 0 Å². The molecule has 0 unspecified atom stereocenters. The second kappa shape index (κ2) is 11.4. The normalized spacial score (nSPS) is 20.8. The molecule has 9 heteroatoms. The topological polar surface area (TPSA) is 82.8 Å². The second-order valence-electron chi connectivity index (χ2n) is 11.5. The van der Waals surface area contributed by atoms with Gasteiger partial charge in [0.15, 0.2) is 0 Å². The molecular formula is C32H38N8O. The molecule has 3 aliphatic rings. The number of amides is 1. The van der Waals surface area contributed by atoms with Gasteiger partial charge in [0, 0.05) is 61.9 Å². The quantitative estimate of drug-likeness (QED) is 0.432. The minimum absolute atomic E-state index is 0.118. The first-order chi connectivity index (χ1) is 20.0. The largest absolute Gasteiger partial charge is 0.365 e. The highest BCUT2D eigenvalue weighted by atomic mass is 16.2. The maximum absolute atomic E-state index is 12.5. The van der Waals surface area contributed by atoms with Crippen LogP contribution < -0.4 is 14.7 Å². The van der Waals surface area contributed by atoms with Crippen LogP contribution in [0.1, 0.15) is 24.1 Å². The lowest BCUT2D eigenvalue weighted by Crippen LogP contribution is -2.55. The Hall–Kier alpha value is -4.16. The average Bonchev–Trinajstić information content (AvgIpc) is 3.51. The van der Waals surface area contributed by atoms with Crippen molar-refractivity contribution in [3.05, 3.63) is 66.4 Å². The molecule has 1 amide bonds. The highest BCUT2D eigenvalue weighted by molar-refractivity contribution is 5.94. The zero-order valence-electron chi connectivity index (χ0n) is 24.0. The molecule has 0 N–H and O–H groups in total. The summed E-state index contributed by atoms with van der Waals surface area (Å²) in [5.74, 6) is 1.63. The van der Waals surface area contributed by atoms with Gasteiger partial charge in [-0.15, -0.1) is 0 Å². The van der Waals surface area contributed by atoms with Gasteiger partial charge in [-0.25, -0.2) is 4.98 Å². The number of hydrogen-bond donors (Lipinski definition) is 0. The van der Waals surface area contributed by atoms with Crippen LogP contribution in [-0.2, 0) is 17.8 Å². The fraction of sp³-hybridized carbons (Fsp3) is 0.438. The van der Waals surface area contributed by atoms with Crippen LogP contribution in [0, 0.1) is 11.3 Å². The first kappa shape index (κ1) is 27.0. The zero-order chi connectivity index (χ0) is 28.5. The molecule has 2 saturated heterocycles. The van der Waals surface area contributed by atoms with E-state index in [-0.39, 0.29) is 18.4 Å². The van der Waals surface area contributed by atoms with Crippen LogP contribution in [0.25, 0.3) is 10.8 Å². The summed E-state index contributed by atoms with van der Waals surface area (Å²) in [6.07, 6.45) is 3.55. The van der Waals surface area contributed by atoms with Crippen molar-refractivity contribution in [1.29, 1.82) is 5.26 Å². The molecule has 2 atom stereocenters. The Kier molecular flexibility index (Phi) is 7.50. The molecule has 41 heavy (non-hydrogen) atoms. The summed E-state index contributed by atoms with van der Waals surface area (Å²) >= 11 is 0. The minimum atomic E-state index is -0.200. The van der Waals surface area contributed by atoms with Gasteiger partial charge in [0.1, 0.15) is 5.82 Å². The standard InChI is InChI=1S/C32H38N8O/c1-4-30(41)40-19-18-38(21-25(40)12-15-33)31-27-14-17-37(29-11-7-9-23-8-5-6-10-26(23)29)22-28(27)34-32(35-31)39-16-13-24(20-39)36(2)3/h4-11,24-25H,1,12-14,16-22H2,2-3H3/t24-,25-/m0/s1. The fourth-order valence-electron chi connectivity index (χ4n) is 6.57. The van der Waals surface area contributed by atoms with Gasteiger partial charge in [-0.05, 0) is 44.5 Å². The van der Waals surface area contributed by atoms with Crippen molar-refractivity contribution in [2.45, 2.75) is 37.9 Å². The number of nitrogens with zero attached hydrogens (tertiary/aromatic N) is 8. The summed E-state index contributed by atoms with van der Waals surface area (Å²) in [7, 11) is 4.27. The Morgan fingerprint density at radius 1 is 1.05 bits per heavy atom. The molecule has 6 rings (SSSR count). The summed E-state index contributed by atoms with van der Waals surface area (Å²) in [5.41, 5.74) is 3.49. The van der Waals surface area contributed by atoms with E-state index in [1.54, 1.807) is 4.90 Å². The van der Waals surface area contributed by atoms with E-state index in [4.69, 9.17) is 9.97 Å². The molecule has 2 aromatic carbocycles. The van der Waals surface area contributed by atoms with E-state index in [1.165, 1.54) is 28.1 Å². The molecule has 2 fully saturated rings. The highest BCUT2D eigenvalue weighted by Crippen LogP contribution is 2.35. The van der Waals surface area contributed by atoms with Crippen molar-refractivity contribution in [3.63, 3.8) is 0 Å². The third-order valence-corrected chi connectivity index (χ3v) is 8.88. The summed E-state index contributed by atoms with van der Waals surface area (Å²) in [6, 6.07) is 17.6. The molecule has 4 heterocycles. The van der Waals surface area contributed by atoms with E-state index in [2.05, 4.69) is 88.8 Å². The number of likely N-dealkylation sites (N-methyl/N-ethyl adjacent to an activating group) is 1. The molecule has 0 aliphatic carbocycles. The number of rotatable bonds is 6. The van der Waals surface area contributed by atoms with Gasteiger partial charge in [0.05, 0.1) is 30.8 Å². The first-order valence-corrected chi connectivity index (χ1v) is 14.6. The van der Waals surface area contributed by atoms with E-state index in [0.717, 1.165) is 49.9 Å². The van der Waals surface area contributed by atoms with Crippen molar-refractivity contribution in [3.8, 4) is 6.07 Å². The lowest BCUT2D eigenvalue weighted by atomic mass is 10.0. The maximum Gasteiger partial charge on any atom is 0.246 e. The van der Waals surface area contributed by atoms with E-state index < -0.39 is 0 Å². The molecule has 1 aromatic heterocycles. The molecular weight excluding hydrogens is 512 g/mol. The van der Waals surface area contributed by atoms with Crippen LogP contribution in [0.4, 0.5) is 17.5 Å². The number of aromatic nitrogens is 2. The summed E-state index contributed by atoms with van der Waals surface area (Å²) in [5, 5.41) is 12.0. The molecule has 0 saturated carbocycles. The number of carbonyl (C=O) groups excluding carboxylic acids is 1. The van der Waals surface area contributed by atoms with Crippen LogP contribution in [0.15, 0.2) is 55.1 Å². The van der Waals surface area contributed by atoms with Crippen LogP contribution in [0.2, 0.25) is 0 Å². The van der Waals surface area contributed by atoms with Crippen LogP contribution in [0.5, 0.6) is 0 Å². The third-order valence-electron chi connectivity index (χ3n) is 8.88. The van der Waals surface area contributed by atoms with Gasteiger partial charge < -0.3 is 24.5 Å². The van der Waals surface area contributed by atoms with Gasteiger partial charge in [0.25, 0.3) is 0 Å². The number of nitriles is 1. The van der Waals surface area contributed by atoms with E-state index in [0.29, 0.717) is 32.2 Å². The molecule has 3 aromatic rings. The van der Waals surface area contributed by atoms with E-state index >= 15 is 0 Å². The van der Waals surface area contributed by atoms with Crippen molar-refractivity contribution in [2.75, 3.05) is 68.1 Å². The van der Waals surface area contributed by atoms with Crippen molar-refractivity contribution in [1.82, 2.24) is 19.8 Å². The Bertz CT molecular complexity index is 1490. The third kappa shape index (κ3) is 5.20. The maximum atomic E-state index is 12.5. The lowest BCUT2D eigenvalue weighted by molar-refractivity contribution is -0.128. The van der Waals surface area contributed by atoms with Crippen LogP contribution in [-0.4, -0.2) is 91.1 Å². The Balaban J connectivity index is 1.37. The Morgan fingerprint density at radius 2 is 1.88 bits per heavy atom. The van der Waals surface area contributed by atoms with Gasteiger partial charge in [-0.1, -0.05) is 43.0 Å². The van der Waals surface area contributed by atoms with Gasteiger partial charge in [-0.2, -0.15) is 10.2 Å². The molecule has 0 bridgehead atoms. The molecule has 0 spiro atoms. The number of piperazine rings is 1. The van der Waals surface area contributed by atoms with E-state index in [9.17, 15) is 10.1 Å². The Labute approximate surface area is 242 Å². The number of fused-ring (bicyclic) bond motifs is 2. The van der Waals surface area contributed by atoms with Crippen molar-refractivity contribution >= 4 is 34.1 Å². The lowest BCUT2D eigenvalue weighted by Gasteiger charge is -2.42. The number of benzene rings is 2. The predicted octanol–water partition coefficient (Wildman–Crippen LogP) is 3.45. The molecule has 3 aliphatic heterocycles. The number of carbonyl (C=O) groups is 1.